The molecule has 0 aliphatic carbocycles. The highest BCUT2D eigenvalue weighted by atomic mass is 16.5. The van der Waals surface area contributed by atoms with Gasteiger partial charge in [-0.15, -0.1) is 0 Å². The van der Waals surface area contributed by atoms with Crippen molar-refractivity contribution in [1.29, 1.82) is 0 Å². The van der Waals surface area contributed by atoms with E-state index in [1.165, 1.54) is 0 Å². The third-order valence-corrected chi connectivity index (χ3v) is 2.21. The Labute approximate surface area is 98.8 Å². The summed E-state index contributed by atoms with van der Waals surface area (Å²) in [6.07, 6.45) is -0.196. The van der Waals surface area contributed by atoms with Gasteiger partial charge in [0.25, 0.3) is 5.89 Å². The normalized spacial score (nSPS) is 12.6. The second-order valence-electron chi connectivity index (χ2n) is 3.50. The van der Waals surface area contributed by atoms with Crippen molar-refractivity contribution in [3.05, 3.63) is 24.0 Å². The van der Waals surface area contributed by atoms with Crippen molar-refractivity contribution < 1.29 is 9.26 Å². The fourth-order valence-electron chi connectivity index (χ4n) is 1.40. The fourth-order valence-corrected chi connectivity index (χ4v) is 1.40. The molecule has 0 radical (unpaired) electrons. The number of hydrogen-bond acceptors (Lipinski definition) is 6. The lowest BCUT2D eigenvalue weighted by atomic mass is 10.3. The summed E-state index contributed by atoms with van der Waals surface area (Å²) in [6, 6.07) is 5.25. The molecule has 2 aromatic rings. The van der Waals surface area contributed by atoms with Gasteiger partial charge in [0.05, 0.1) is 0 Å². The van der Waals surface area contributed by atoms with Crippen LogP contribution in [0.25, 0.3) is 11.6 Å². The summed E-state index contributed by atoms with van der Waals surface area (Å²) in [6.45, 7) is 4.38. The molecule has 0 aliphatic heterocycles. The molecular formula is C11H14N4O2. The zero-order valence-electron chi connectivity index (χ0n) is 9.75. The van der Waals surface area contributed by atoms with Crippen LogP contribution < -0.4 is 5.73 Å². The first kappa shape index (κ1) is 11.5. The first-order valence-electron chi connectivity index (χ1n) is 5.38. The maximum absolute atomic E-state index is 5.58. The first-order valence-corrected chi connectivity index (χ1v) is 5.38. The molecule has 0 spiro atoms. The van der Waals surface area contributed by atoms with Crippen LogP contribution in [0.3, 0.4) is 0 Å². The van der Waals surface area contributed by atoms with Gasteiger partial charge in [-0.05, 0) is 26.0 Å². The van der Waals surface area contributed by atoms with Gasteiger partial charge < -0.3 is 15.0 Å². The summed E-state index contributed by atoms with van der Waals surface area (Å²) in [4.78, 5) is 8.32. The van der Waals surface area contributed by atoms with Gasteiger partial charge >= 0.3 is 0 Å². The molecule has 0 aromatic carbocycles. The van der Waals surface area contributed by atoms with Crippen molar-refractivity contribution >= 4 is 5.82 Å². The summed E-state index contributed by atoms with van der Waals surface area (Å²) in [5.41, 5.74) is 6.15. The fraction of sp³-hybridized carbons (Fsp3) is 0.364. The number of hydrogen-bond donors (Lipinski definition) is 1. The Balaban J connectivity index is 2.23. The lowest BCUT2D eigenvalue weighted by molar-refractivity contribution is 0.0683. The summed E-state index contributed by atoms with van der Waals surface area (Å²) < 4.78 is 10.5. The molecule has 0 saturated heterocycles. The van der Waals surface area contributed by atoms with E-state index in [0.717, 1.165) is 0 Å². The predicted molar refractivity (Wildman–Crippen MR) is 62.0 cm³/mol. The quantitative estimate of drug-likeness (QED) is 0.868. The van der Waals surface area contributed by atoms with Crippen LogP contribution in [-0.4, -0.2) is 21.7 Å². The van der Waals surface area contributed by atoms with Gasteiger partial charge in [0.2, 0.25) is 5.82 Å². The predicted octanol–water partition coefficient (Wildman–Crippen LogP) is 1.81. The largest absolute Gasteiger partial charge is 0.384 e. The molecule has 2 aromatic heterocycles. The summed E-state index contributed by atoms with van der Waals surface area (Å²) in [7, 11) is 0. The number of rotatable bonds is 4. The zero-order valence-corrected chi connectivity index (χ0v) is 9.75. The molecule has 0 fully saturated rings. The van der Waals surface area contributed by atoms with Crippen molar-refractivity contribution in [2.45, 2.75) is 20.0 Å². The van der Waals surface area contributed by atoms with Crippen molar-refractivity contribution in [3.8, 4) is 11.6 Å². The van der Waals surface area contributed by atoms with Crippen LogP contribution in [0.15, 0.2) is 22.7 Å². The van der Waals surface area contributed by atoms with Crippen LogP contribution in [0.1, 0.15) is 25.8 Å². The average molecular weight is 234 g/mol. The van der Waals surface area contributed by atoms with Crippen LogP contribution in [0.5, 0.6) is 0 Å². The number of ether oxygens (including phenoxy) is 1. The number of nitrogen functional groups attached to an aromatic ring is 1. The molecule has 2 rings (SSSR count). The third kappa shape index (κ3) is 2.59. The van der Waals surface area contributed by atoms with Crippen molar-refractivity contribution in [1.82, 2.24) is 15.1 Å². The molecule has 0 aliphatic rings. The van der Waals surface area contributed by atoms with E-state index in [9.17, 15) is 0 Å². The molecule has 17 heavy (non-hydrogen) atoms. The molecular weight excluding hydrogens is 220 g/mol. The first-order chi connectivity index (χ1) is 8.20. The van der Waals surface area contributed by atoms with Gasteiger partial charge in [-0.1, -0.05) is 11.2 Å². The minimum absolute atomic E-state index is 0.196. The maximum atomic E-state index is 5.58. The Morgan fingerprint density at radius 1 is 1.41 bits per heavy atom. The highest BCUT2D eigenvalue weighted by Crippen LogP contribution is 2.19. The van der Waals surface area contributed by atoms with E-state index in [1.807, 2.05) is 13.8 Å². The Bertz CT molecular complexity index is 498. The van der Waals surface area contributed by atoms with E-state index in [2.05, 4.69) is 15.1 Å². The number of nitrogens with two attached hydrogens (primary N) is 1. The van der Waals surface area contributed by atoms with Gasteiger partial charge in [-0.25, -0.2) is 4.98 Å². The van der Waals surface area contributed by atoms with E-state index >= 15 is 0 Å². The number of anilines is 1. The lowest BCUT2D eigenvalue weighted by Gasteiger charge is -2.04. The molecule has 0 saturated carbocycles. The van der Waals surface area contributed by atoms with E-state index in [0.29, 0.717) is 29.8 Å². The topological polar surface area (TPSA) is 87.1 Å². The maximum Gasteiger partial charge on any atom is 0.276 e. The van der Waals surface area contributed by atoms with Crippen molar-refractivity contribution in [2.24, 2.45) is 0 Å². The van der Waals surface area contributed by atoms with E-state index in [4.69, 9.17) is 15.0 Å². The zero-order chi connectivity index (χ0) is 12.3. The molecule has 6 heteroatoms. The molecule has 0 amide bonds. The summed E-state index contributed by atoms with van der Waals surface area (Å²) in [5, 5.41) is 3.85. The van der Waals surface area contributed by atoms with Gasteiger partial charge in [0.15, 0.2) is 0 Å². The second-order valence-corrected chi connectivity index (χ2v) is 3.50. The van der Waals surface area contributed by atoms with Crippen LogP contribution in [0.4, 0.5) is 5.82 Å². The van der Waals surface area contributed by atoms with Gasteiger partial charge in [-0.3, -0.25) is 0 Å². The van der Waals surface area contributed by atoms with E-state index in [-0.39, 0.29) is 6.10 Å². The highest BCUT2D eigenvalue weighted by molar-refractivity contribution is 5.49. The van der Waals surface area contributed by atoms with Crippen LogP contribution >= 0.6 is 0 Å². The van der Waals surface area contributed by atoms with Gasteiger partial charge in [0, 0.05) is 6.61 Å². The Morgan fingerprint density at radius 2 is 2.24 bits per heavy atom. The molecule has 1 atom stereocenters. The van der Waals surface area contributed by atoms with E-state index < -0.39 is 0 Å². The molecule has 2 heterocycles. The Kier molecular flexibility index (Phi) is 3.34. The van der Waals surface area contributed by atoms with Crippen molar-refractivity contribution in [3.63, 3.8) is 0 Å². The van der Waals surface area contributed by atoms with Crippen molar-refractivity contribution in [2.75, 3.05) is 12.3 Å². The SMILES string of the molecule is CCOC(C)c1noc(-c2cccc(N)n2)n1. The number of pyridine rings is 1. The molecule has 6 nitrogen and oxygen atoms in total. The van der Waals surface area contributed by atoms with E-state index in [1.54, 1.807) is 18.2 Å². The second kappa shape index (κ2) is 4.92. The third-order valence-electron chi connectivity index (χ3n) is 2.21. The Hall–Kier alpha value is -1.95. The molecule has 2 N–H and O–H groups in total. The smallest absolute Gasteiger partial charge is 0.276 e. The minimum Gasteiger partial charge on any atom is -0.384 e. The lowest BCUT2D eigenvalue weighted by Crippen LogP contribution is -2.01. The van der Waals surface area contributed by atoms with Crippen LogP contribution in [0, 0.1) is 0 Å². The monoisotopic (exact) mass is 234 g/mol. The summed E-state index contributed by atoms with van der Waals surface area (Å²) >= 11 is 0. The average Bonchev–Trinajstić information content (AvgIpc) is 2.78. The minimum atomic E-state index is -0.196. The number of aromatic nitrogens is 3. The molecule has 90 valence electrons. The Morgan fingerprint density at radius 3 is 2.94 bits per heavy atom. The number of nitrogens with zero attached hydrogens (tertiary/aromatic N) is 3. The highest BCUT2D eigenvalue weighted by Gasteiger charge is 2.15. The van der Waals surface area contributed by atoms with Gasteiger partial charge in [0.1, 0.15) is 17.6 Å². The molecule has 0 bridgehead atoms. The van der Waals surface area contributed by atoms with Crippen LogP contribution in [0.2, 0.25) is 0 Å². The standard InChI is InChI=1S/C11H14N4O2/c1-3-16-7(2)10-14-11(17-15-10)8-5-4-6-9(12)13-8/h4-7H,3H2,1-2H3,(H2,12,13). The molecule has 1 unspecified atom stereocenters. The van der Waals surface area contributed by atoms with Gasteiger partial charge in [-0.2, -0.15) is 4.98 Å². The van der Waals surface area contributed by atoms with Crippen LogP contribution in [-0.2, 0) is 4.74 Å². The summed E-state index contributed by atoms with van der Waals surface area (Å²) in [5.74, 6) is 1.27.